The van der Waals surface area contributed by atoms with Crippen LogP contribution >= 0.6 is 11.3 Å². The van der Waals surface area contributed by atoms with Crippen LogP contribution in [-0.4, -0.2) is 11.5 Å². The minimum Gasteiger partial charge on any atom is -0.330 e. The Morgan fingerprint density at radius 2 is 2.19 bits per heavy atom. The van der Waals surface area contributed by atoms with Gasteiger partial charge in [-0.3, -0.25) is 4.79 Å². The minimum absolute atomic E-state index is 0.0204. The molecule has 4 rings (SSSR count). The molecule has 4 heteroatoms. The van der Waals surface area contributed by atoms with Crippen LogP contribution in [0.15, 0.2) is 52.7 Å². The SMILES string of the molecule is C=C1C=C(C)c2[nH]c(=O)c3csc(-c4cccc(C(C)CN)c4)c3c2C1. The van der Waals surface area contributed by atoms with Gasteiger partial charge >= 0.3 is 0 Å². The predicted molar refractivity (Wildman–Crippen MR) is 112 cm³/mol. The lowest BCUT2D eigenvalue weighted by Crippen LogP contribution is -2.14. The van der Waals surface area contributed by atoms with Gasteiger partial charge in [0.05, 0.1) is 5.39 Å². The second-order valence-corrected chi connectivity index (χ2v) is 7.97. The molecule has 3 aromatic rings. The summed E-state index contributed by atoms with van der Waals surface area (Å²) in [6.07, 6.45) is 2.82. The number of pyridine rings is 1. The second-order valence-electron chi connectivity index (χ2n) is 7.09. The summed E-state index contributed by atoms with van der Waals surface area (Å²) in [6.45, 7) is 8.93. The zero-order valence-corrected chi connectivity index (χ0v) is 15.9. The zero-order chi connectivity index (χ0) is 18.4. The highest BCUT2D eigenvalue weighted by atomic mass is 32.1. The van der Waals surface area contributed by atoms with Crippen molar-refractivity contribution in [3.63, 3.8) is 0 Å². The molecule has 0 radical (unpaired) electrons. The summed E-state index contributed by atoms with van der Waals surface area (Å²) in [5.74, 6) is 0.309. The number of nitrogens with one attached hydrogen (secondary N) is 1. The first-order chi connectivity index (χ1) is 12.5. The minimum atomic E-state index is -0.0204. The van der Waals surface area contributed by atoms with Crippen LogP contribution in [0.1, 0.15) is 36.6 Å². The Bertz CT molecular complexity index is 1120. The Balaban J connectivity index is 2.00. The lowest BCUT2D eigenvalue weighted by Gasteiger charge is -2.18. The zero-order valence-electron chi connectivity index (χ0n) is 15.1. The average molecular weight is 362 g/mol. The summed E-state index contributed by atoms with van der Waals surface area (Å²) in [5.41, 5.74) is 12.5. The molecule has 1 aliphatic carbocycles. The number of hydrogen-bond acceptors (Lipinski definition) is 3. The van der Waals surface area contributed by atoms with Crippen LogP contribution in [0, 0.1) is 0 Å². The summed E-state index contributed by atoms with van der Waals surface area (Å²) in [4.78, 5) is 16.8. The van der Waals surface area contributed by atoms with Crippen molar-refractivity contribution in [1.82, 2.24) is 4.98 Å². The van der Waals surface area contributed by atoms with Crippen molar-refractivity contribution in [3.05, 3.63) is 75.0 Å². The molecule has 0 bridgehead atoms. The van der Waals surface area contributed by atoms with Crippen molar-refractivity contribution < 1.29 is 0 Å². The number of fused-ring (bicyclic) bond motifs is 3. The Kier molecular flexibility index (Phi) is 4.17. The number of rotatable bonds is 3. The Morgan fingerprint density at radius 3 is 2.96 bits per heavy atom. The molecule has 26 heavy (non-hydrogen) atoms. The third-order valence-corrected chi connectivity index (χ3v) is 6.20. The summed E-state index contributed by atoms with van der Waals surface area (Å²) in [6, 6.07) is 8.52. The predicted octanol–water partition coefficient (Wildman–Crippen LogP) is 4.83. The molecule has 3 nitrogen and oxygen atoms in total. The van der Waals surface area contributed by atoms with E-state index in [1.54, 1.807) is 11.3 Å². The van der Waals surface area contributed by atoms with E-state index < -0.39 is 0 Å². The van der Waals surface area contributed by atoms with Crippen LogP contribution in [0.25, 0.3) is 26.8 Å². The van der Waals surface area contributed by atoms with Gasteiger partial charge in [-0.25, -0.2) is 0 Å². The summed E-state index contributed by atoms with van der Waals surface area (Å²) >= 11 is 1.63. The quantitative estimate of drug-likeness (QED) is 0.701. The second kappa shape index (κ2) is 6.38. The van der Waals surface area contributed by atoms with Crippen molar-refractivity contribution in [2.75, 3.05) is 6.54 Å². The molecule has 0 aliphatic heterocycles. The van der Waals surface area contributed by atoms with Crippen LogP contribution in [0.2, 0.25) is 0 Å². The first kappa shape index (κ1) is 17.0. The molecular weight excluding hydrogens is 340 g/mol. The maximum Gasteiger partial charge on any atom is 0.257 e. The largest absolute Gasteiger partial charge is 0.330 e. The molecule has 1 unspecified atom stereocenters. The van der Waals surface area contributed by atoms with Gasteiger partial charge in [0, 0.05) is 21.3 Å². The Morgan fingerprint density at radius 1 is 1.38 bits per heavy atom. The number of aromatic amines is 1. The van der Waals surface area contributed by atoms with E-state index in [-0.39, 0.29) is 5.56 Å². The van der Waals surface area contributed by atoms with Gasteiger partial charge in [-0.2, -0.15) is 0 Å². The fourth-order valence-electron chi connectivity index (χ4n) is 3.71. The van der Waals surface area contributed by atoms with Crippen molar-refractivity contribution in [2.24, 2.45) is 5.73 Å². The van der Waals surface area contributed by atoms with Gasteiger partial charge in [0.1, 0.15) is 0 Å². The summed E-state index contributed by atoms with van der Waals surface area (Å²) in [5, 5.41) is 3.81. The van der Waals surface area contributed by atoms with Crippen LogP contribution in [0.4, 0.5) is 0 Å². The highest BCUT2D eigenvalue weighted by Crippen LogP contribution is 2.40. The van der Waals surface area contributed by atoms with Gasteiger partial charge < -0.3 is 10.7 Å². The standard InChI is InChI=1S/C22H22N2OS/c1-12-7-13(2)20-17(8-12)19-18(22(25)24-20)11-26-21(19)16-6-4-5-15(9-16)14(3)10-23/h4-7,9,11,14H,1,8,10,23H2,2-3H3,(H,24,25). The van der Waals surface area contributed by atoms with E-state index in [0.717, 1.165) is 44.5 Å². The maximum absolute atomic E-state index is 12.6. The van der Waals surface area contributed by atoms with Crippen LogP contribution in [-0.2, 0) is 6.42 Å². The smallest absolute Gasteiger partial charge is 0.257 e. The molecule has 3 N–H and O–H groups in total. The number of allylic oxidation sites excluding steroid dienone is 3. The van der Waals surface area contributed by atoms with Crippen molar-refractivity contribution in [2.45, 2.75) is 26.2 Å². The molecule has 132 valence electrons. The van der Waals surface area contributed by atoms with Gasteiger partial charge in [-0.15, -0.1) is 11.3 Å². The van der Waals surface area contributed by atoms with E-state index in [1.165, 1.54) is 11.1 Å². The highest BCUT2D eigenvalue weighted by Gasteiger charge is 2.21. The molecule has 2 aromatic heterocycles. The number of hydrogen-bond donors (Lipinski definition) is 2. The average Bonchev–Trinajstić information content (AvgIpc) is 3.08. The number of H-pyrrole nitrogens is 1. The first-order valence-corrected chi connectivity index (χ1v) is 9.70. The van der Waals surface area contributed by atoms with E-state index in [0.29, 0.717) is 12.5 Å². The first-order valence-electron chi connectivity index (χ1n) is 8.82. The van der Waals surface area contributed by atoms with Gasteiger partial charge in [0.25, 0.3) is 5.56 Å². The van der Waals surface area contributed by atoms with Gasteiger partial charge in [0.15, 0.2) is 0 Å². The highest BCUT2D eigenvalue weighted by molar-refractivity contribution is 7.15. The fraction of sp³-hybridized carbons (Fsp3) is 0.227. The van der Waals surface area contributed by atoms with E-state index in [2.05, 4.69) is 48.8 Å². The van der Waals surface area contributed by atoms with Crippen LogP contribution < -0.4 is 11.3 Å². The summed E-state index contributed by atoms with van der Waals surface area (Å²) in [7, 11) is 0. The molecule has 0 saturated heterocycles. The third-order valence-electron chi connectivity index (χ3n) is 5.17. The molecule has 1 atom stereocenters. The molecular formula is C22H22N2OS. The van der Waals surface area contributed by atoms with E-state index in [9.17, 15) is 4.79 Å². The molecule has 0 fully saturated rings. The van der Waals surface area contributed by atoms with E-state index >= 15 is 0 Å². The van der Waals surface area contributed by atoms with Crippen molar-refractivity contribution in [1.29, 1.82) is 0 Å². The van der Waals surface area contributed by atoms with Crippen LogP contribution in [0.3, 0.4) is 0 Å². The normalized spacial score (nSPS) is 15.0. The fourth-order valence-corrected chi connectivity index (χ4v) is 4.79. The molecule has 0 spiro atoms. The van der Waals surface area contributed by atoms with Crippen molar-refractivity contribution in [3.8, 4) is 10.4 Å². The number of aromatic nitrogens is 1. The number of thiophene rings is 1. The molecule has 0 saturated carbocycles. The van der Waals surface area contributed by atoms with Gasteiger partial charge in [0.2, 0.25) is 0 Å². The third kappa shape index (κ3) is 2.66. The molecule has 2 heterocycles. The Labute approximate surface area is 156 Å². The van der Waals surface area contributed by atoms with Gasteiger partial charge in [-0.1, -0.05) is 49.4 Å². The monoisotopic (exact) mass is 362 g/mol. The Hall–Kier alpha value is -2.43. The van der Waals surface area contributed by atoms with Gasteiger partial charge in [-0.05, 0) is 48.1 Å². The van der Waals surface area contributed by atoms with Crippen molar-refractivity contribution >= 4 is 27.7 Å². The molecule has 1 aliphatic rings. The number of nitrogens with two attached hydrogens (primary N) is 1. The summed E-state index contributed by atoms with van der Waals surface area (Å²) < 4.78 is 0. The molecule has 1 aromatic carbocycles. The molecule has 0 amide bonds. The lowest BCUT2D eigenvalue weighted by molar-refractivity contribution is 0.774. The topological polar surface area (TPSA) is 58.9 Å². The van der Waals surface area contributed by atoms with Crippen LogP contribution in [0.5, 0.6) is 0 Å². The van der Waals surface area contributed by atoms with E-state index in [4.69, 9.17) is 5.73 Å². The maximum atomic E-state index is 12.6. The number of benzene rings is 1. The van der Waals surface area contributed by atoms with E-state index in [1.807, 2.05) is 12.3 Å². The lowest BCUT2D eigenvalue weighted by atomic mass is 9.89.